The number of benzene rings is 3. The first-order valence-electron chi connectivity index (χ1n) is 9.94. The minimum absolute atomic E-state index is 0.283. The van der Waals surface area contributed by atoms with Crippen LogP contribution >= 0.6 is 0 Å². The first kappa shape index (κ1) is 17.9. The number of aliphatic hydroxyl groups is 1. The second kappa shape index (κ2) is 6.71. The lowest BCUT2D eigenvalue weighted by atomic mass is 9.70. The maximum atomic E-state index is 11.5. The second-order valence-electron chi connectivity index (χ2n) is 8.16. The highest BCUT2D eigenvalue weighted by atomic mass is 16.4. The molecular formula is C26H22O3. The Labute approximate surface area is 170 Å². The molecular weight excluding hydrogens is 360 g/mol. The van der Waals surface area contributed by atoms with E-state index in [1.807, 2.05) is 30.3 Å². The summed E-state index contributed by atoms with van der Waals surface area (Å²) in [5, 5.41) is 20.7. The van der Waals surface area contributed by atoms with Gasteiger partial charge in [-0.2, -0.15) is 0 Å². The third-order valence-corrected chi connectivity index (χ3v) is 6.50. The van der Waals surface area contributed by atoms with Gasteiger partial charge in [-0.3, -0.25) is 0 Å². The van der Waals surface area contributed by atoms with Crippen molar-refractivity contribution in [2.24, 2.45) is 5.41 Å². The van der Waals surface area contributed by atoms with E-state index in [0.29, 0.717) is 6.42 Å². The number of aromatic carboxylic acids is 1. The minimum atomic E-state index is -0.923. The van der Waals surface area contributed by atoms with Gasteiger partial charge in [0.2, 0.25) is 0 Å². The Hall–Kier alpha value is -3.17. The van der Waals surface area contributed by atoms with Gasteiger partial charge in [-0.05, 0) is 59.2 Å². The lowest BCUT2D eigenvalue weighted by Crippen LogP contribution is -2.31. The predicted octanol–water partition coefficient (Wildman–Crippen LogP) is 4.84. The zero-order valence-electron chi connectivity index (χ0n) is 16.0. The molecule has 29 heavy (non-hydrogen) atoms. The summed E-state index contributed by atoms with van der Waals surface area (Å²) in [5.74, 6) is -0.923. The quantitative estimate of drug-likeness (QED) is 0.679. The van der Waals surface area contributed by atoms with E-state index in [1.54, 1.807) is 12.1 Å². The summed E-state index contributed by atoms with van der Waals surface area (Å²) < 4.78 is 0. The normalized spacial score (nSPS) is 22.1. The van der Waals surface area contributed by atoms with Crippen LogP contribution in [0.25, 0.3) is 6.08 Å². The number of carboxylic acids is 1. The molecule has 3 nitrogen and oxygen atoms in total. The molecule has 3 heteroatoms. The van der Waals surface area contributed by atoms with Crippen LogP contribution in [-0.2, 0) is 19.3 Å². The summed E-state index contributed by atoms with van der Waals surface area (Å²) >= 11 is 0. The predicted molar refractivity (Wildman–Crippen MR) is 113 cm³/mol. The molecule has 0 fully saturated rings. The molecule has 0 unspecified atom stereocenters. The van der Waals surface area contributed by atoms with E-state index in [0.717, 1.165) is 24.0 Å². The third-order valence-electron chi connectivity index (χ3n) is 6.50. The molecule has 3 aromatic rings. The highest BCUT2D eigenvalue weighted by Gasteiger charge is 2.48. The molecule has 5 rings (SSSR count). The molecule has 0 aromatic heterocycles. The summed E-state index contributed by atoms with van der Waals surface area (Å²) in [6, 6.07) is 23.6. The zero-order chi connectivity index (χ0) is 20.0. The van der Waals surface area contributed by atoms with Crippen LogP contribution < -0.4 is 0 Å². The summed E-state index contributed by atoms with van der Waals surface area (Å²) in [6.45, 7) is 0. The van der Waals surface area contributed by atoms with Gasteiger partial charge >= 0.3 is 5.97 Å². The van der Waals surface area contributed by atoms with Crippen molar-refractivity contribution in [2.75, 3.05) is 0 Å². The van der Waals surface area contributed by atoms with Gasteiger partial charge in [-0.1, -0.05) is 72.3 Å². The van der Waals surface area contributed by atoms with E-state index >= 15 is 0 Å². The number of aliphatic hydroxyl groups excluding tert-OH is 1. The molecule has 0 bridgehead atoms. The molecule has 0 heterocycles. The first-order valence-corrected chi connectivity index (χ1v) is 9.94. The van der Waals surface area contributed by atoms with E-state index in [-0.39, 0.29) is 5.56 Å². The molecule has 0 saturated carbocycles. The number of fused-ring (bicyclic) bond motifs is 2. The van der Waals surface area contributed by atoms with Gasteiger partial charge in [0, 0.05) is 5.41 Å². The maximum absolute atomic E-state index is 11.5. The van der Waals surface area contributed by atoms with Gasteiger partial charge in [0.1, 0.15) is 0 Å². The largest absolute Gasteiger partial charge is 0.478 e. The van der Waals surface area contributed by atoms with Crippen LogP contribution in [0, 0.1) is 5.41 Å². The topological polar surface area (TPSA) is 57.5 Å². The van der Waals surface area contributed by atoms with Crippen LogP contribution in [-0.4, -0.2) is 16.2 Å². The van der Waals surface area contributed by atoms with E-state index in [1.165, 1.54) is 22.3 Å². The summed E-state index contributed by atoms with van der Waals surface area (Å²) in [7, 11) is 0. The molecule has 3 aromatic carbocycles. The molecule has 2 atom stereocenters. The van der Waals surface area contributed by atoms with E-state index in [2.05, 4.69) is 36.4 Å². The summed E-state index contributed by atoms with van der Waals surface area (Å²) in [6.07, 6.45) is 3.95. The Morgan fingerprint density at radius 1 is 0.931 bits per heavy atom. The van der Waals surface area contributed by atoms with Crippen molar-refractivity contribution in [1.82, 2.24) is 0 Å². The number of carbonyl (C=O) groups is 1. The van der Waals surface area contributed by atoms with Crippen LogP contribution in [0.3, 0.4) is 0 Å². The molecule has 0 radical (unpaired) electrons. The average Bonchev–Trinajstić information content (AvgIpc) is 3.29. The lowest BCUT2D eigenvalue weighted by Gasteiger charge is -2.35. The summed E-state index contributed by atoms with van der Waals surface area (Å²) in [4.78, 5) is 11.2. The molecule has 0 spiro atoms. The van der Waals surface area contributed by atoms with Crippen molar-refractivity contribution < 1.29 is 15.0 Å². The van der Waals surface area contributed by atoms with Gasteiger partial charge in [-0.15, -0.1) is 0 Å². The molecule has 0 amide bonds. The first-order chi connectivity index (χ1) is 14.1. The van der Waals surface area contributed by atoms with E-state index < -0.39 is 17.5 Å². The zero-order valence-corrected chi connectivity index (χ0v) is 16.0. The van der Waals surface area contributed by atoms with E-state index in [9.17, 15) is 15.0 Å². The van der Waals surface area contributed by atoms with Gasteiger partial charge in [-0.25, -0.2) is 4.79 Å². The molecule has 0 saturated heterocycles. The highest BCUT2D eigenvalue weighted by molar-refractivity contribution is 5.87. The van der Waals surface area contributed by atoms with Gasteiger partial charge in [0.15, 0.2) is 0 Å². The van der Waals surface area contributed by atoms with Crippen molar-refractivity contribution in [1.29, 1.82) is 0 Å². The number of hydrogen-bond donors (Lipinski definition) is 2. The molecule has 0 aliphatic heterocycles. The fraction of sp³-hybridized carbons (Fsp3) is 0.192. The molecule has 2 aliphatic rings. The van der Waals surface area contributed by atoms with Crippen molar-refractivity contribution in [3.63, 3.8) is 0 Å². The molecule has 2 N–H and O–H groups in total. The lowest BCUT2D eigenvalue weighted by molar-refractivity contribution is 0.0649. The van der Waals surface area contributed by atoms with Gasteiger partial charge < -0.3 is 10.2 Å². The van der Waals surface area contributed by atoms with E-state index in [4.69, 9.17) is 0 Å². The third kappa shape index (κ3) is 2.90. The maximum Gasteiger partial charge on any atom is 0.335 e. The Kier molecular flexibility index (Phi) is 4.14. The Balaban J connectivity index is 1.57. The van der Waals surface area contributed by atoms with Gasteiger partial charge in [0.25, 0.3) is 0 Å². The number of hydrogen-bond acceptors (Lipinski definition) is 2. The van der Waals surface area contributed by atoms with Crippen molar-refractivity contribution in [2.45, 2.75) is 25.4 Å². The highest BCUT2D eigenvalue weighted by Crippen LogP contribution is 2.54. The van der Waals surface area contributed by atoms with Crippen molar-refractivity contribution >= 4 is 12.0 Å². The Morgan fingerprint density at radius 3 is 2.31 bits per heavy atom. The second-order valence-corrected chi connectivity index (χ2v) is 8.16. The van der Waals surface area contributed by atoms with Crippen LogP contribution in [0.2, 0.25) is 0 Å². The number of rotatable bonds is 4. The smallest absolute Gasteiger partial charge is 0.335 e. The fourth-order valence-electron chi connectivity index (χ4n) is 4.99. The number of carboxylic acid groups (broad SMARTS) is 1. The Morgan fingerprint density at radius 2 is 1.62 bits per heavy atom. The molecule has 2 aliphatic carbocycles. The minimum Gasteiger partial charge on any atom is -0.478 e. The van der Waals surface area contributed by atoms with Gasteiger partial charge in [0.05, 0.1) is 11.7 Å². The summed E-state index contributed by atoms with van der Waals surface area (Å²) in [5.41, 5.74) is 6.88. The van der Waals surface area contributed by atoms with Crippen molar-refractivity contribution in [3.05, 3.63) is 112 Å². The van der Waals surface area contributed by atoms with Crippen LogP contribution in [0.4, 0.5) is 0 Å². The van der Waals surface area contributed by atoms with Crippen molar-refractivity contribution in [3.8, 4) is 0 Å². The molecule has 144 valence electrons. The standard InChI is InChI=1S/C26H22O3/c27-24-23-8-4-3-7-21(23)16-26(24,15-17-9-11-18(12-10-17)25(28)29)22-13-19-5-1-2-6-20(19)14-22/h1-13,24,27H,14-16H2,(H,28,29)/t24-,26-/m0/s1. The van der Waals surface area contributed by atoms with Crippen LogP contribution in [0.5, 0.6) is 0 Å². The Bertz CT molecular complexity index is 1130. The monoisotopic (exact) mass is 382 g/mol. The average molecular weight is 382 g/mol. The fourth-order valence-corrected chi connectivity index (χ4v) is 4.99. The SMILES string of the molecule is O=C(O)c1ccc(C[C@@]2(C3=Cc4ccccc4C3)Cc3ccccc3[C@@H]2O)cc1. The van der Waals surface area contributed by atoms with Crippen LogP contribution in [0.15, 0.2) is 78.4 Å². The van der Waals surface area contributed by atoms with Crippen LogP contribution in [0.1, 0.15) is 44.3 Å².